The van der Waals surface area contributed by atoms with Crippen LogP contribution < -0.4 is 9.62 Å². The minimum absolute atomic E-state index is 0.0483. The molecule has 138 valence electrons. The Hall–Kier alpha value is -1.89. The molecule has 0 aliphatic carbocycles. The first-order valence-electron chi connectivity index (χ1n) is 8.69. The summed E-state index contributed by atoms with van der Waals surface area (Å²) in [6, 6.07) is 6.58. The lowest BCUT2D eigenvalue weighted by Crippen LogP contribution is -2.37. The Balaban J connectivity index is 2.10. The zero-order chi connectivity index (χ0) is 18.6. The van der Waals surface area contributed by atoms with E-state index in [2.05, 4.69) is 9.62 Å². The van der Waals surface area contributed by atoms with Crippen molar-refractivity contribution in [3.8, 4) is 0 Å². The number of nitrogens with zero attached hydrogens (tertiary/aromatic N) is 1. The van der Waals surface area contributed by atoms with Crippen molar-refractivity contribution in [2.75, 3.05) is 18.0 Å². The van der Waals surface area contributed by atoms with Crippen LogP contribution >= 0.6 is 0 Å². The van der Waals surface area contributed by atoms with Gasteiger partial charge in [0.05, 0.1) is 4.90 Å². The van der Waals surface area contributed by atoms with Crippen molar-refractivity contribution < 1.29 is 18.0 Å². The van der Waals surface area contributed by atoms with Crippen LogP contribution in [0.3, 0.4) is 0 Å². The third-order valence-corrected chi connectivity index (χ3v) is 5.90. The van der Waals surface area contributed by atoms with E-state index in [1.165, 1.54) is 6.07 Å². The largest absolute Gasteiger partial charge is 0.371 e. The molecule has 1 saturated heterocycles. The summed E-state index contributed by atoms with van der Waals surface area (Å²) in [5.41, 5.74) is 0.794. The molecule has 0 spiro atoms. The molecular formula is C18H26N2O4S. The molecular weight excluding hydrogens is 340 g/mol. The summed E-state index contributed by atoms with van der Waals surface area (Å²) in [7, 11) is -3.85. The van der Waals surface area contributed by atoms with Gasteiger partial charge in [-0.25, -0.2) is 13.1 Å². The van der Waals surface area contributed by atoms with Crippen molar-refractivity contribution in [1.82, 2.24) is 4.72 Å². The normalized spacial score (nSPS) is 16.1. The van der Waals surface area contributed by atoms with Gasteiger partial charge in [0.1, 0.15) is 5.78 Å². The second-order valence-electron chi connectivity index (χ2n) is 6.70. The number of sulfonamides is 1. The molecule has 0 bridgehead atoms. The summed E-state index contributed by atoms with van der Waals surface area (Å²) in [6.07, 6.45) is 1.66. The lowest BCUT2D eigenvalue weighted by atomic mass is 9.87. The van der Waals surface area contributed by atoms with Crippen LogP contribution in [0.2, 0.25) is 0 Å². The second-order valence-corrected chi connectivity index (χ2v) is 8.38. The monoisotopic (exact) mass is 366 g/mol. The fourth-order valence-corrected chi connectivity index (χ4v) is 4.12. The summed E-state index contributed by atoms with van der Waals surface area (Å²) in [5.74, 6) is -0.0872. The number of carbonyl (C=O) groups excluding carboxylic acids is 2. The maximum atomic E-state index is 12.3. The number of nitrogens with one attached hydrogen (secondary N) is 1. The minimum Gasteiger partial charge on any atom is -0.371 e. The molecule has 1 aliphatic heterocycles. The maximum absolute atomic E-state index is 12.3. The van der Waals surface area contributed by atoms with Gasteiger partial charge in [0.15, 0.2) is 0 Å². The molecule has 0 aromatic heterocycles. The highest BCUT2D eigenvalue weighted by atomic mass is 32.2. The van der Waals surface area contributed by atoms with Crippen LogP contribution in [0.15, 0.2) is 29.2 Å². The first-order chi connectivity index (χ1) is 11.7. The van der Waals surface area contributed by atoms with Gasteiger partial charge in [0, 0.05) is 37.0 Å². The number of rotatable bonds is 6. The van der Waals surface area contributed by atoms with Crippen molar-refractivity contribution in [2.45, 2.75) is 44.9 Å². The summed E-state index contributed by atoms with van der Waals surface area (Å²) < 4.78 is 26.6. The Morgan fingerprint density at radius 1 is 1.24 bits per heavy atom. The molecule has 1 aromatic rings. The first kappa shape index (κ1) is 19.4. The molecule has 0 unspecified atom stereocenters. The van der Waals surface area contributed by atoms with Crippen LogP contribution in [0.1, 0.15) is 40.0 Å². The fraction of sp³-hybridized carbons (Fsp3) is 0.556. The highest BCUT2D eigenvalue weighted by Crippen LogP contribution is 2.27. The molecule has 2 rings (SSSR count). The van der Waals surface area contributed by atoms with E-state index in [4.69, 9.17) is 0 Å². The summed E-state index contributed by atoms with van der Waals surface area (Å²) in [4.78, 5) is 25.7. The quantitative estimate of drug-likeness (QED) is 0.835. The van der Waals surface area contributed by atoms with E-state index in [0.717, 1.165) is 18.5 Å². The van der Waals surface area contributed by atoms with E-state index < -0.39 is 15.9 Å². The van der Waals surface area contributed by atoms with Crippen LogP contribution in [0.25, 0.3) is 0 Å². The lowest BCUT2D eigenvalue weighted by molar-refractivity contribution is -0.126. The number of benzene rings is 1. The van der Waals surface area contributed by atoms with Gasteiger partial charge >= 0.3 is 0 Å². The number of ketones is 1. The van der Waals surface area contributed by atoms with E-state index >= 15 is 0 Å². The lowest BCUT2D eigenvalue weighted by Gasteiger charge is -2.33. The van der Waals surface area contributed by atoms with Gasteiger partial charge in [-0.05, 0) is 31.0 Å². The average molecular weight is 366 g/mol. The van der Waals surface area contributed by atoms with Gasteiger partial charge in [-0.15, -0.1) is 0 Å². The minimum atomic E-state index is -3.85. The summed E-state index contributed by atoms with van der Waals surface area (Å²) in [5, 5.41) is 0. The zero-order valence-corrected chi connectivity index (χ0v) is 15.8. The first-order valence-corrected chi connectivity index (χ1v) is 10.2. The van der Waals surface area contributed by atoms with E-state index in [1.807, 2.05) is 19.9 Å². The van der Waals surface area contributed by atoms with Gasteiger partial charge in [0.2, 0.25) is 5.91 Å². The van der Waals surface area contributed by atoms with Crippen LogP contribution in [0.5, 0.6) is 0 Å². The number of amides is 1. The molecule has 0 saturated carbocycles. The van der Waals surface area contributed by atoms with E-state index in [1.54, 1.807) is 19.1 Å². The molecule has 1 N–H and O–H groups in total. The number of piperidine rings is 1. The van der Waals surface area contributed by atoms with Crippen LogP contribution in [0, 0.1) is 11.8 Å². The van der Waals surface area contributed by atoms with Crippen molar-refractivity contribution >= 4 is 27.4 Å². The zero-order valence-electron chi connectivity index (χ0n) is 15.0. The number of Topliss-reactive ketones (excluding diaryl/α,β-unsaturated/α-hetero) is 1. The maximum Gasteiger partial charge on any atom is 0.264 e. The molecule has 1 amide bonds. The molecule has 7 heteroatoms. The fourth-order valence-electron chi connectivity index (χ4n) is 3.02. The van der Waals surface area contributed by atoms with Crippen LogP contribution in [0.4, 0.5) is 5.69 Å². The van der Waals surface area contributed by atoms with Gasteiger partial charge in [-0.2, -0.15) is 0 Å². The Bertz CT molecular complexity index is 735. The Labute approximate surface area is 149 Å². The molecule has 1 heterocycles. The third-order valence-electron chi connectivity index (χ3n) is 4.53. The van der Waals surface area contributed by atoms with Crippen molar-refractivity contribution in [3.63, 3.8) is 0 Å². The topological polar surface area (TPSA) is 83.6 Å². The number of carbonyl (C=O) groups is 2. The Kier molecular flexibility index (Phi) is 6.21. The predicted octanol–water partition coefficient (Wildman–Crippen LogP) is 2.34. The van der Waals surface area contributed by atoms with Crippen LogP contribution in [-0.4, -0.2) is 33.2 Å². The highest BCUT2D eigenvalue weighted by Gasteiger charge is 2.27. The van der Waals surface area contributed by atoms with Gasteiger partial charge in [-0.1, -0.05) is 26.8 Å². The molecule has 0 radical (unpaired) electrons. The number of hydrogen-bond acceptors (Lipinski definition) is 5. The predicted molar refractivity (Wildman–Crippen MR) is 96.8 cm³/mol. The molecule has 6 nitrogen and oxygen atoms in total. The smallest absolute Gasteiger partial charge is 0.264 e. The molecule has 25 heavy (non-hydrogen) atoms. The van der Waals surface area contributed by atoms with E-state index in [0.29, 0.717) is 18.9 Å². The summed E-state index contributed by atoms with van der Waals surface area (Å²) in [6.45, 7) is 6.88. The van der Waals surface area contributed by atoms with Crippen LogP contribution in [-0.2, 0) is 19.6 Å². The molecule has 0 atom stereocenters. The Morgan fingerprint density at radius 2 is 1.88 bits per heavy atom. The van der Waals surface area contributed by atoms with E-state index in [9.17, 15) is 18.0 Å². The average Bonchev–Trinajstić information content (AvgIpc) is 2.60. The summed E-state index contributed by atoms with van der Waals surface area (Å²) >= 11 is 0. The third kappa shape index (κ3) is 4.81. The highest BCUT2D eigenvalue weighted by molar-refractivity contribution is 7.90. The molecule has 1 aromatic carbocycles. The van der Waals surface area contributed by atoms with Gasteiger partial charge in [0.25, 0.3) is 10.0 Å². The van der Waals surface area contributed by atoms with Gasteiger partial charge in [-0.3, -0.25) is 9.59 Å². The molecule has 1 aliphatic rings. The van der Waals surface area contributed by atoms with Crippen molar-refractivity contribution in [3.05, 3.63) is 24.3 Å². The number of anilines is 1. The van der Waals surface area contributed by atoms with Gasteiger partial charge < -0.3 is 4.90 Å². The number of hydrogen-bond donors (Lipinski definition) is 1. The second kappa shape index (κ2) is 7.99. The van der Waals surface area contributed by atoms with Crippen molar-refractivity contribution in [2.24, 2.45) is 11.8 Å². The molecule has 1 fully saturated rings. The SMILES string of the molecule is CCC(=O)NS(=O)(=O)c1cccc(N2CCC(C(=O)C(C)C)CC2)c1. The standard InChI is InChI=1S/C18H26N2O4S/c1-4-17(21)19-25(23,24)16-7-5-6-15(12-16)20-10-8-14(9-11-20)18(22)13(2)3/h5-7,12-14H,4,8-11H2,1-3H3,(H,19,21). The van der Waals surface area contributed by atoms with Crippen molar-refractivity contribution in [1.29, 1.82) is 0 Å². The Morgan fingerprint density at radius 3 is 2.44 bits per heavy atom. The van der Waals surface area contributed by atoms with E-state index in [-0.39, 0.29) is 23.2 Å².